The Bertz CT molecular complexity index is 386. The molecule has 3 atom stereocenters. The molecule has 0 radical (unpaired) electrons. The third-order valence-electron chi connectivity index (χ3n) is 5.18. The van der Waals surface area contributed by atoms with Gasteiger partial charge in [0.1, 0.15) is 5.60 Å². The highest BCUT2D eigenvalue weighted by Crippen LogP contribution is 2.39. The molecule has 0 N–H and O–H groups in total. The van der Waals surface area contributed by atoms with Crippen molar-refractivity contribution in [2.24, 2.45) is 5.92 Å². The van der Waals surface area contributed by atoms with Gasteiger partial charge in [0.25, 0.3) is 0 Å². The summed E-state index contributed by atoms with van der Waals surface area (Å²) in [4.78, 5) is 17.0. The summed E-state index contributed by atoms with van der Waals surface area (Å²) in [6, 6.07) is 1.44. The maximum absolute atomic E-state index is 12.4. The lowest BCUT2D eigenvalue weighted by molar-refractivity contribution is -0.00247. The highest BCUT2D eigenvalue weighted by molar-refractivity contribution is 5.69. The van der Waals surface area contributed by atoms with Gasteiger partial charge in [-0.05, 0) is 72.3 Å². The van der Waals surface area contributed by atoms with Gasteiger partial charge in [-0.15, -0.1) is 0 Å². The predicted molar refractivity (Wildman–Crippen MR) is 83.3 cm³/mol. The maximum atomic E-state index is 12.4. The van der Waals surface area contributed by atoms with Crippen LogP contribution in [-0.2, 0) is 4.74 Å². The Labute approximate surface area is 128 Å². The van der Waals surface area contributed by atoms with Gasteiger partial charge in [-0.1, -0.05) is 0 Å². The van der Waals surface area contributed by atoms with Gasteiger partial charge in [-0.3, -0.25) is 0 Å². The third-order valence-corrected chi connectivity index (χ3v) is 5.18. The van der Waals surface area contributed by atoms with Gasteiger partial charge >= 0.3 is 6.09 Å². The number of fused-ring (bicyclic) bond motifs is 2. The zero-order valence-electron chi connectivity index (χ0n) is 14.0. The first-order valence-corrected chi connectivity index (χ1v) is 8.55. The van der Waals surface area contributed by atoms with Crippen molar-refractivity contribution in [2.45, 2.75) is 83.0 Å². The number of piperidine rings is 1. The minimum atomic E-state index is -0.393. The molecule has 1 amide bonds. The van der Waals surface area contributed by atoms with Gasteiger partial charge in [0.15, 0.2) is 0 Å². The monoisotopic (exact) mass is 294 g/mol. The van der Waals surface area contributed by atoms with E-state index >= 15 is 0 Å². The molecule has 2 saturated heterocycles. The van der Waals surface area contributed by atoms with Crippen LogP contribution in [0.15, 0.2) is 0 Å². The van der Waals surface area contributed by atoms with Gasteiger partial charge in [0.2, 0.25) is 0 Å². The number of carbonyl (C=O) groups is 1. The summed E-state index contributed by atoms with van der Waals surface area (Å²) < 4.78 is 5.60. The van der Waals surface area contributed by atoms with Gasteiger partial charge in [0.05, 0.1) is 0 Å². The fourth-order valence-corrected chi connectivity index (χ4v) is 3.98. The van der Waals surface area contributed by atoms with E-state index in [1.807, 2.05) is 25.7 Å². The Hall–Kier alpha value is -0.770. The Morgan fingerprint density at radius 3 is 2.19 bits per heavy atom. The summed E-state index contributed by atoms with van der Waals surface area (Å²) in [5.41, 5.74) is -0.393. The Kier molecular flexibility index (Phi) is 3.93. The van der Waals surface area contributed by atoms with Crippen LogP contribution in [0, 0.1) is 5.92 Å². The second kappa shape index (κ2) is 5.45. The molecule has 2 heterocycles. The molecule has 1 saturated carbocycles. The van der Waals surface area contributed by atoms with Gasteiger partial charge < -0.3 is 14.5 Å². The minimum absolute atomic E-state index is 0.0988. The van der Waals surface area contributed by atoms with Crippen LogP contribution in [0.1, 0.15) is 59.3 Å². The molecule has 4 heteroatoms. The van der Waals surface area contributed by atoms with Crippen LogP contribution < -0.4 is 0 Å². The molecule has 2 aliphatic heterocycles. The zero-order chi connectivity index (χ0) is 15.2. The highest BCUT2D eigenvalue weighted by Gasteiger charge is 2.45. The Balaban J connectivity index is 1.59. The van der Waals surface area contributed by atoms with E-state index < -0.39 is 5.60 Å². The van der Waals surface area contributed by atoms with Crippen LogP contribution in [0.5, 0.6) is 0 Å². The summed E-state index contributed by atoms with van der Waals surface area (Å²) in [5, 5.41) is 0. The molecule has 3 aliphatic rings. The largest absolute Gasteiger partial charge is 0.444 e. The van der Waals surface area contributed by atoms with E-state index in [0.717, 1.165) is 31.6 Å². The fraction of sp³-hybridized carbons (Fsp3) is 0.941. The zero-order valence-corrected chi connectivity index (χ0v) is 14.0. The second-order valence-electron chi connectivity index (χ2n) is 8.28. The first-order valence-electron chi connectivity index (χ1n) is 8.55. The number of carbonyl (C=O) groups excluding carboxylic acids is 1. The van der Waals surface area contributed by atoms with Crippen molar-refractivity contribution < 1.29 is 9.53 Å². The first kappa shape index (κ1) is 15.1. The fourth-order valence-electron chi connectivity index (χ4n) is 3.98. The molecule has 120 valence electrons. The third kappa shape index (κ3) is 3.53. The van der Waals surface area contributed by atoms with Crippen molar-refractivity contribution in [3.8, 4) is 0 Å². The normalized spacial score (nSPS) is 32.6. The van der Waals surface area contributed by atoms with E-state index in [0.29, 0.717) is 18.1 Å². The van der Waals surface area contributed by atoms with Crippen molar-refractivity contribution in [3.05, 3.63) is 0 Å². The SMILES string of the molecule is CN(CC1CC1)C1CC2CC[C@H](C1)N2C(=O)OC(C)(C)C. The van der Waals surface area contributed by atoms with Crippen LogP contribution in [0.4, 0.5) is 4.79 Å². The van der Waals surface area contributed by atoms with Crippen molar-refractivity contribution in [3.63, 3.8) is 0 Å². The number of hydrogen-bond acceptors (Lipinski definition) is 3. The van der Waals surface area contributed by atoms with Crippen molar-refractivity contribution in [2.75, 3.05) is 13.6 Å². The first-order chi connectivity index (χ1) is 9.83. The summed E-state index contributed by atoms with van der Waals surface area (Å²) in [6.07, 6.45) is 7.27. The molecule has 3 rings (SSSR count). The van der Waals surface area contributed by atoms with E-state index in [1.165, 1.54) is 19.4 Å². The molecule has 0 aromatic carbocycles. The van der Waals surface area contributed by atoms with Gasteiger partial charge in [-0.25, -0.2) is 4.79 Å². The molecular weight excluding hydrogens is 264 g/mol. The van der Waals surface area contributed by atoms with E-state index in [-0.39, 0.29) is 6.09 Å². The van der Waals surface area contributed by atoms with Crippen LogP contribution >= 0.6 is 0 Å². The van der Waals surface area contributed by atoms with Crippen LogP contribution in [0.2, 0.25) is 0 Å². The number of rotatable bonds is 3. The second-order valence-corrected chi connectivity index (χ2v) is 8.28. The predicted octanol–water partition coefficient (Wildman–Crippen LogP) is 3.26. The molecule has 1 aliphatic carbocycles. The summed E-state index contributed by atoms with van der Waals surface area (Å²) >= 11 is 0. The van der Waals surface area contributed by atoms with Gasteiger partial charge in [-0.2, -0.15) is 0 Å². The Morgan fingerprint density at radius 1 is 1.14 bits per heavy atom. The van der Waals surface area contributed by atoms with Crippen LogP contribution in [0.3, 0.4) is 0 Å². The van der Waals surface area contributed by atoms with Crippen LogP contribution in [0.25, 0.3) is 0 Å². The smallest absolute Gasteiger partial charge is 0.410 e. The molecule has 0 aromatic heterocycles. The van der Waals surface area contributed by atoms with E-state index in [1.54, 1.807) is 0 Å². The average Bonchev–Trinajstić information content (AvgIpc) is 3.12. The highest BCUT2D eigenvalue weighted by atomic mass is 16.6. The summed E-state index contributed by atoms with van der Waals surface area (Å²) in [5.74, 6) is 0.941. The lowest BCUT2D eigenvalue weighted by Gasteiger charge is -2.42. The standard InChI is InChI=1S/C17H30N2O2/c1-17(2,3)21-16(20)19-13-7-8-14(19)10-15(9-13)18(4)11-12-5-6-12/h12-15H,5-11H2,1-4H3/t13-,14?,15?/m1/s1. The summed E-state index contributed by atoms with van der Waals surface area (Å²) in [7, 11) is 2.27. The molecule has 2 unspecified atom stereocenters. The topological polar surface area (TPSA) is 32.8 Å². The number of amides is 1. The molecule has 3 fully saturated rings. The van der Waals surface area contributed by atoms with E-state index in [2.05, 4.69) is 11.9 Å². The molecule has 0 spiro atoms. The number of ether oxygens (including phenoxy) is 1. The van der Waals surface area contributed by atoms with Crippen molar-refractivity contribution >= 4 is 6.09 Å². The minimum Gasteiger partial charge on any atom is -0.444 e. The summed E-state index contributed by atoms with van der Waals surface area (Å²) in [6.45, 7) is 7.09. The molecule has 0 aromatic rings. The molecule has 2 bridgehead atoms. The quantitative estimate of drug-likeness (QED) is 0.801. The van der Waals surface area contributed by atoms with E-state index in [9.17, 15) is 4.79 Å². The van der Waals surface area contributed by atoms with Crippen molar-refractivity contribution in [1.82, 2.24) is 9.80 Å². The van der Waals surface area contributed by atoms with Crippen molar-refractivity contribution in [1.29, 1.82) is 0 Å². The number of nitrogens with zero attached hydrogens (tertiary/aromatic N) is 2. The van der Waals surface area contributed by atoms with Gasteiger partial charge in [0, 0.05) is 24.7 Å². The van der Waals surface area contributed by atoms with E-state index in [4.69, 9.17) is 4.74 Å². The average molecular weight is 294 g/mol. The maximum Gasteiger partial charge on any atom is 0.410 e. The molecular formula is C17H30N2O2. The lowest BCUT2D eigenvalue weighted by atomic mass is 9.96. The molecule has 4 nitrogen and oxygen atoms in total. The lowest BCUT2D eigenvalue weighted by Crippen LogP contribution is -2.53. The van der Waals surface area contributed by atoms with Crippen LogP contribution in [-0.4, -0.2) is 53.2 Å². The molecule has 21 heavy (non-hydrogen) atoms. The number of hydrogen-bond donors (Lipinski definition) is 0. The Morgan fingerprint density at radius 2 is 1.71 bits per heavy atom.